The number of rotatable bonds is 4. The van der Waals surface area contributed by atoms with Crippen LogP contribution in [0, 0.1) is 12.3 Å². The molecule has 1 aliphatic heterocycles. The van der Waals surface area contributed by atoms with Crippen LogP contribution >= 0.6 is 11.3 Å². The number of nitrogens with one attached hydrogen (secondary N) is 1. The van der Waals surface area contributed by atoms with Crippen molar-refractivity contribution in [1.29, 1.82) is 0 Å². The van der Waals surface area contributed by atoms with Crippen molar-refractivity contribution in [3.63, 3.8) is 0 Å². The molecule has 20 heavy (non-hydrogen) atoms. The molecular weight excluding hydrogens is 268 g/mol. The summed E-state index contributed by atoms with van der Waals surface area (Å²) in [5.74, 6) is 1.06. The molecule has 2 rings (SSSR count). The van der Waals surface area contributed by atoms with Gasteiger partial charge in [0.15, 0.2) is 5.96 Å². The molecule has 112 valence electrons. The summed E-state index contributed by atoms with van der Waals surface area (Å²) in [5.41, 5.74) is 1.57. The molecule has 1 fully saturated rings. The van der Waals surface area contributed by atoms with Crippen LogP contribution in [0.5, 0.6) is 0 Å². The number of aliphatic imine (C=N–C) groups is 1. The van der Waals surface area contributed by atoms with E-state index < -0.39 is 0 Å². The lowest BCUT2D eigenvalue weighted by Crippen LogP contribution is -2.40. The van der Waals surface area contributed by atoms with Crippen LogP contribution in [0.15, 0.2) is 10.4 Å². The van der Waals surface area contributed by atoms with Gasteiger partial charge < -0.3 is 10.2 Å². The van der Waals surface area contributed by atoms with E-state index in [0.29, 0.717) is 5.41 Å². The highest BCUT2D eigenvalue weighted by atomic mass is 32.1. The standard InChI is InChI=1S/C15H26N4S/c1-5-16-14(19-9-7-15(3,4)11-19)17-8-6-13-10-20-12(2)18-13/h10H,5-9,11H2,1-4H3,(H,16,17). The highest BCUT2D eigenvalue weighted by Crippen LogP contribution is 2.28. The van der Waals surface area contributed by atoms with E-state index in [4.69, 9.17) is 4.99 Å². The van der Waals surface area contributed by atoms with E-state index in [-0.39, 0.29) is 0 Å². The molecule has 0 aromatic carbocycles. The van der Waals surface area contributed by atoms with Gasteiger partial charge in [0.1, 0.15) is 0 Å². The number of thiazole rings is 1. The fraction of sp³-hybridized carbons (Fsp3) is 0.733. The normalized spacial score (nSPS) is 18.6. The highest BCUT2D eigenvalue weighted by Gasteiger charge is 2.30. The number of hydrogen-bond donors (Lipinski definition) is 1. The van der Waals surface area contributed by atoms with Gasteiger partial charge in [-0.25, -0.2) is 4.98 Å². The van der Waals surface area contributed by atoms with Gasteiger partial charge in [-0.2, -0.15) is 0 Å². The number of aromatic nitrogens is 1. The van der Waals surface area contributed by atoms with Crippen molar-refractivity contribution in [2.24, 2.45) is 10.4 Å². The molecule has 1 aliphatic rings. The Balaban J connectivity index is 1.92. The topological polar surface area (TPSA) is 40.5 Å². The number of hydrogen-bond acceptors (Lipinski definition) is 3. The van der Waals surface area contributed by atoms with E-state index in [1.807, 2.05) is 6.92 Å². The van der Waals surface area contributed by atoms with Gasteiger partial charge in [-0.15, -0.1) is 11.3 Å². The fourth-order valence-corrected chi connectivity index (χ4v) is 3.17. The molecule has 0 amide bonds. The molecule has 0 radical (unpaired) electrons. The summed E-state index contributed by atoms with van der Waals surface area (Å²) in [4.78, 5) is 11.6. The van der Waals surface area contributed by atoms with Crippen molar-refractivity contribution in [3.8, 4) is 0 Å². The van der Waals surface area contributed by atoms with Crippen molar-refractivity contribution < 1.29 is 0 Å². The molecular formula is C15H26N4S. The maximum atomic E-state index is 4.76. The molecule has 1 N–H and O–H groups in total. The SMILES string of the molecule is CCNC(=NCCc1csc(C)n1)N1CCC(C)(C)C1. The summed E-state index contributed by atoms with van der Waals surface area (Å²) < 4.78 is 0. The summed E-state index contributed by atoms with van der Waals surface area (Å²) in [6.45, 7) is 12.8. The van der Waals surface area contributed by atoms with Gasteiger partial charge in [-0.1, -0.05) is 13.8 Å². The van der Waals surface area contributed by atoms with Gasteiger partial charge in [-0.3, -0.25) is 4.99 Å². The minimum Gasteiger partial charge on any atom is -0.357 e. The first-order valence-corrected chi connectivity index (χ1v) is 8.32. The van der Waals surface area contributed by atoms with Crippen LogP contribution in [0.4, 0.5) is 0 Å². The minimum atomic E-state index is 0.405. The van der Waals surface area contributed by atoms with Gasteiger partial charge in [0.2, 0.25) is 0 Å². The van der Waals surface area contributed by atoms with Crippen molar-refractivity contribution in [2.45, 2.75) is 40.5 Å². The summed E-state index contributed by atoms with van der Waals surface area (Å²) in [6.07, 6.45) is 2.17. The number of aryl methyl sites for hydroxylation is 1. The van der Waals surface area contributed by atoms with Crippen molar-refractivity contribution in [1.82, 2.24) is 15.2 Å². The lowest BCUT2D eigenvalue weighted by atomic mass is 9.93. The average Bonchev–Trinajstić information content (AvgIpc) is 2.94. The zero-order chi connectivity index (χ0) is 14.6. The summed E-state index contributed by atoms with van der Waals surface area (Å²) in [6, 6.07) is 0. The van der Waals surface area contributed by atoms with Crippen LogP contribution < -0.4 is 5.32 Å². The third kappa shape index (κ3) is 4.20. The molecule has 0 aliphatic carbocycles. The Morgan fingerprint density at radius 1 is 1.55 bits per heavy atom. The number of likely N-dealkylation sites (tertiary alicyclic amines) is 1. The van der Waals surface area contributed by atoms with Crippen molar-refractivity contribution in [3.05, 3.63) is 16.1 Å². The van der Waals surface area contributed by atoms with E-state index in [9.17, 15) is 0 Å². The Morgan fingerprint density at radius 3 is 2.90 bits per heavy atom. The molecule has 0 spiro atoms. The third-order valence-corrected chi connectivity index (χ3v) is 4.43. The Hall–Kier alpha value is -1.10. The first-order valence-electron chi connectivity index (χ1n) is 7.44. The van der Waals surface area contributed by atoms with E-state index in [1.165, 1.54) is 6.42 Å². The van der Waals surface area contributed by atoms with Gasteiger partial charge >= 0.3 is 0 Å². The Bertz CT molecular complexity index is 464. The number of guanidine groups is 1. The molecule has 0 unspecified atom stereocenters. The second-order valence-corrected chi connectivity index (χ2v) is 7.24. The van der Waals surface area contributed by atoms with Crippen molar-refractivity contribution >= 4 is 17.3 Å². The fourth-order valence-electron chi connectivity index (χ4n) is 2.52. The van der Waals surface area contributed by atoms with Gasteiger partial charge in [0.25, 0.3) is 0 Å². The number of nitrogens with zero attached hydrogens (tertiary/aromatic N) is 3. The molecule has 5 heteroatoms. The lowest BCUT2D eigenvalue weighted by Gasteiger charge is -2.23. The van der Waals surface area contributed by atoms with E-state index >= 15 is 0 Å². The zero-order valence-electron chi connectivity index (χ0n) is 13.1. The third-order valence-electron chi connectivity index (χ3n) is 3.61. The molecule has 2 heterocycles. The van der Waals surface area contributed by atoms with Crippen LogP contribution in [0.1, 0.15) is 37.9 Å². The molecule has 4 nitrogen and oxygen atoms in total. The van der Waals surface area contributed by atoms with Crippen molar-refractivity contribution in [2.75, 3.05) is 26.2 Å². The summed E-state index contributed by atoms with van der Waals surface area (Å²) in [7, 11) is 0. The first-order chi connectivity index (χ1) is 9.50. The van der Waals surface area contributed by atoms with E-state index in [2.05, 4.69) is 41.4 Å². The second-order valence-electron chi connectivity index (χ2n) is 6.18. The molecule has 1 aromatic rings. The Labute approximate surface area is 126 Å². The summed E-state index contributed by atoms with van der Waals surface area (Å²) in [5, 5.41) is 6.68. The average molecular weight is 294 g/mol. The smallest absolute Gasteiger partial charge is 0.193 e. The molecule has 0 atom stereocenters. The Morgan fingerprint density at radius 2 is 2.35 bits per heavy atom. The van der Waals surface area contributed by atoms with Crippen LogP contribution in [0.2, 0.25) is 0 Å². The van der Waals surface area contributed by atoms with Gasteiger partial charge in [0, 0.05) is 38.0 Å². The molecule has 0 saturated carbocycles. The van der Waals surface area contributed by atoms with E-state index in [0.717, 1.165) is 49.3 Å². The van der Waals surface area contributed by atoms with Gasteiger partial charge in [0.05, 0.1) is 10.7 Å². The maximum absolute atomic E-state index is 4.76. The zero-order valence-corrected chi connectivity index (χ0v) is 13.9. The predicted octanol–water partition coefficient (Wildman–Crippen LogP) is 2.69. The monoisotopic (exact) mass is 294 g/mol. The first kappa shape index (κ1) is 15.3. The van der Waals surface area contributed by atoms with Crippen LogP contribution in [0.3, 0.4) is 0 Å². The minimum absolute atomic E-state index is 0.405. The quantitative estimate of drug-likeness (QED) is 0.685. The largest absolute Gasteiger partial charge is 0.357 e. The lowest BCUT2D eigenvalue weighted by molar-refractivity contribution is 0.370. The van der Waals surface area contributed by atoms with Crippen LogP contribution in [-0.4, -0.2) is 42.0 Å². The molecule has 1 saturated heterocycles. The van der Waals surface area contributed by atoms with E-state index in [1.54, 1.807) is 11.3 Å². The van der Waals surface area contributed by atoms with Crippen LogP contribution in [-0.2, 0) is 6.42 Å². The maximum Gasteiger partial charge on any atom is 0.193 e. The Kier molecular flexibility index (Phi) is 5.02. The molecule has 0 bridgehead atoms. The van der Waals surface area contributed by atoms with Crippen LogP contribution in [0.25, 0.3) is 0 Å². The van der Waals surface area contributed by atoms with Gasteiger partial charge in [-0.05, 0) is 25.7 Å². The molecule has 1 aromatic heterocycles. The summed E-state index contributed by atoms with van der Waals surface area (Å²) >= 11 is 1.71. The second kappa shape index (κ2) is 6.57. The highest BCUT2D eigenvalue weighted by molar-refractivity contribution is 7.09. The predicted molar refractivity (Wildman–Crippen MR) is 86.5 cm³/mol.